The fourth-order valence-electron chi connectivity index (χ4n) is 19.7. The Labute approximate surface area is 730 Å². The van der Waals surface area contributed by atoms with Crippen molar-refractivity contribution in [3.05, 3.63) is 36.0 Å². The van der Waals surface area contributed by atoms with Gasteiger partial charge in [-0.2, -0.15) is 0 Å². The van der Waals surface area contributed by atoms with Gasteiger partial charge in [0.1, 0.15) is 47.7 Å². The van der Waals surface area contributed by atoms with Crippen molar-refractivity contribution in [1.82, 2.24) is 34.3 Å². The molecule has 692 valence electrons. The number of ketones is 6. The van der Waals surface area contributed by atoms with Crippen LogP contribution in [0.15, 0.2) is 36.0 Å². The minimum absolute atomic E-state index is 0.0278. The Morgan fingerprint density at radius 3 is 1.66 bits per heavy atom. The number of amides is 7. The zero-order valence-corrected chi connectivity index (χ0v) is 78.4. The summed E-state index contributed by atoms with van der Waals surface area (Å²) in [7, 11) is 9.83. The number of nitrogens with two attached hydrogens (primary N) is 1. The van der Waals surface area contributed by atoms with Crippen LogP contribution in [0.4, 0.5) is 4.79 Å². The van der Waals surface area contributed by atoms with Crippen LogP contribution in [0.3, 0.4) is 0 Å². The van der Waals surface area contributed by atoms with Crippen molar-refractivity contribution in [2.45, 2.75) is 294 Å². The lowest BCUT2D eigenvalue weighted by Crippen LogP contribution is -2.62. The summed E-state index contributed by atoms with van der Waals surface area (Å²) in [6, 6.07) is -9.58. The first-order valence-electron chi connectivity index (χ1n) is 44.5. The molecule has 0 aromatic heterocycles. The fourth-order valence-corrected chi connectivity index (χ4v) is 19.7. The molecule has 1 aliphatic heterocycles. The first-order chi connectivity index (χ1) is 57.1. The van der Waals surface area contributed by atoms with Crippen LogP contribution in [-0.4, -0.2) is 268 Å². The van der Waals surface area contributed by atoms with E-state index < -0.39 is 234 Å². The summed E-state index contributed by atoms with van der Waals surface area (Å²) in [5, 5.41) is 24.2. The molecule has 0 spiro atoms. The minimum atomic E-state index is -2.01. The number of hydrogen-bond donors (Lipinski definition) is 3. The van der Waals surface area contributed by atoms with Crippen LogP contribution in [0.2, 0.25) is 0 Å². The van der Waals surface area contributed by atoms with E-state index in [1.807, 2.05) is 68.4 Å². The Morgan fingerprint density at radius 2 is 1.11 bits per heavy atom. The Morgan fingerprint density at radius 1 is 0.593 bits per heavy atom. The molecule has 30 heteroatoms. The number of aliphatic hydroxyl groups is 2. The molecule has 7 amide bonds. The van der Waals surface area contributed by atoms with Crippen molar-refractivity contribution < 1.29 is 106 Å². The second-order valence-electron chi connectivity index (χ2n) is 38.9. The summed E-state index contributed by atoms with van der Waals surface area (Å²) in [6.07, 6.45) is 4.19. The molecule has 30 nitrogen and oxygen atoms in total. The average molecular weight is 1730 g/mol. The maximum Gasteiger partial charge on any atom is 0.511 e. The number of rotatable bonds is 24. The predicted octanol–water partition coefficient (Wildman–Crippen LogP) is 9.13. The normalized spacial score (nSPS) is 30.8. The first-order valence-corrected chi connectivity index (χ1v) is 44.5. The van der Waals surface area contributed by atoms with E-state index in [1.54, 1.807) is 87.5 Å². The van der Waals surface area contributed by atoms with Gasteiger partial charge in [-0.25, -0.2) is 4.79 Å². The lowest BCUT2D eigenvalue weighted by molar-refractivity contribution is -0.181. The van der Waals surface area contributed by atoms with E-state index in [0.29, 0.717) is 19.3 Å². The van der Waals surface area contributed by atoms with Crippen molar-refractivity contribution in [3.8, 4) is 0 Å². The number of carbonyl (C=O) groups is 16. The molecule has 3 saturated carbocycles. The molecule has 20 atom stereocenters. The minimum Gasteiger partial charge on any atom is -0.456 e. The number of carbonyl (C=O) groups excluding carboxylic acids is 16. The molecule has 1 heterocycles. The topological polar surface area (TPSA) is 399 Å². The average Bonchev–Trinajstić information content (AvgIpc) is 1.59. The third-order valence-corrected chi connectivity index (χ3v) is 27.1. The van der Waals surface area contributed by atoms with E-state index in [-0.39, 0.29) is 118 Å². The monoisotopic (exact) mass is 1730 g/mol. The van der Waals surface area contributed by atoms with Gasteiger partial charge in [-0.1, -0.05) is 148 Å². The lowest BCUT2D eigenvalue weighted by Gasteiger charge is -2.59. The number of esters is 2. The zero-order chi connectivity index (χ0) is 93.4. The molecule has 123 heavy (non-hydrogen) atoms. The van der Waals surface area contributed by atoms with Crippen molar-refractivity contribution in [2.24, 2.45) is 99.4 Å². The molecule has 4 aliphatic carbocycles. The van der Waals surface area contributed by atoms with Gasteiger partial charge in [0.15, 0.2) is 29.7 Å². The SMILES string of the molecule is C/C=C/C[C@@H](C)[C@@H](OC(=O)OCOC(=O)C[C@@H](N)C(=O)OCC(=O)[C@@]1(O)CCC2C3CCC4=CC(=O)C=C[C@]4(C)C3[C@@H](O)C[C@@]21C)[C@@H]1C(=O)C[C@H](CC)C(=O)N(C)CC(=O)N(C)[C@@H](CC(C)C)C(=O)C[C@H](C(C)C)C(=O)N(C)[C@H](CC(C)C)C(=O)C[C@H](C)C(=O)C[C@@H](C)C(=O)N(C)[C@H](CC(C)C)C(=O)N(C)[C@H](CC(C)C)C(=O)N(C)[C@H](C(C)C)C(=O)N1C. The summed E-state index contributed by atoms with van der Waals surface area (Å²) in [4.78, 5) is 242. The van der Waals surface area contributed by atoms with E-state index in [9.17, 15) is 63.0 Å². The highest BCUT2D eigenvalue weighted by Crippen LogP contribution is 2.67. The number of ether oxygens (including phenoxy) is 4. The van der Waals surface area contributed by atoms with Crippen LogP contribution >= 0.6 is 0 Å². The fraction of sp³-hybridized carbons (Fsp3) is 0.763. The van der Waals surface area contributed by atoms with Gasteiger partial charge in [-0.3, -0.25) is 71.9 Å². The van der Waals surface area contributed by atoms with Crippen LogP contribution in [0.5, 0.6) is 0 Å². The highest BCUT2D eigenvalue weighted by molar-refractivity contribution is 6.02. The highest BCUT2D eigenvalue weighted by atomic mass is 16.8. The van der Waals surface area contributed by atoms with E-state index >= 15 is 24.0 Å². The largest absolute Gasteiger partial charge is 0.511 e. The summed E-state index contributed by atoms with van der Waals surface area (Å²) < 4.78 is 22.0. The number of nitrogens with zero attached hydrogens (tertiary/aromatic N) is 7. The molecule has 0 aromatic rings. The van der Waals surface area contributed by atoms with Crippen LogP contribution in [0.25, 0.3) is 0 Å². The Kier molecular flexibility index (Phi) is 38.6. The van der Waals surface area contributed by atoms with Gasteiger partial charge in [0.2, 0.25) is 53.9 Å². The van der Waals surface area contributed by atoms with Crippen molar-refractivity contribution in [2.75, 3.05) is 69.3 Å². The molecule has 5 aliphatic rings. The highest BCUT2D eigenvalue weighted by Gasteiger charge is 2.68. The van der Waals surface area contributed by atoms with Gasteiger partial charge in [0, 0.05) is 115 Å². The first kappa shape index (κ1) is 105. The van der Waals surface area contributed by atoms with Gasteiger partial charge < -0.3 is 69.2 Å². The number of hydrogen-bond acceptors (Lipinski definition) is 23. The van der Waals surface area contributed by atoms with Crippen LogP contribution in [-0.2, 0) is 90.9 Å². The second kappa shape index (κ2) is 45.2. The van der Waals surface area contributed by atoms with Gasteiger partial charge >= 0.3 is 18.1 Å². The maximum atomic E-state index is 15.9. The van der Waals surface area contributed by atoms with E-state index in [2.05, 4.69) is 0 Å². The van der Waals surface area contributed by atoms with Crippen LogP contribution < -0.4 is 5.73 Å². The van der Waals surface area contributed by atoms with E-state index in [1.165, 1.54) is 79.9 Å². The smallest absolute Gasteiger partial charge is 0.456 e. The Bertz CT molecular complexity index is 3920. The molecule has 0 bridgehead atoms. The summed E-state index contributed by atoms with van der Waals surface area (Å²) in [5.74, 6) is -17.6. The van der Waals surface area contributed by atoms with Crippen molar-refractivity contribution in [3.63, 3.8) is 0 Å². The van der Waals surface area contributed by atoms with Gasteiger partial charge in [0.25, 0.3) is 0 Å². The Balaban J connectivity index is 1.52. The van der Waals surface area contributed by atoms with Gasteiger partial charge in [-0.05, 0) is 143 Å². The number of allylic oxidation sites excluding steroid dienone is 6. The molecular formula is C93H148N8O22. The zero-order valence-electron chi connectivity index (χ0n) is 78.4. The summed E-state index contributed by atoms with van der Waals surface area (Å²) in [6.45, 7) is 31.0. The maximum absolute atomic E-state index is 15.9. The Hall–Kier alpha value is -8.38. The van der Waals surface area contributed by atoms with Gasteiger partial charge in [-0.15, -0.1) is 0 Å². The number of fused-ring (bicyclic) bond motifs is 5. The quantitative estimate of drug-likeness (QED) is 0.0351. The van der Waals surface area contributed by atoms with Crippen molar-refractivity contribution in [1.29, 1.82) is 0 Å². The molecule has 5 rings (SSSR count). The van der Waals surface area contributed by atoms with Gasteiger partial charge in [0.05, 0.1) is 31.2 Å². The summed E-state index contributed by atoms with van der Waals surface area (Å²) in [5.41, 5.74) is 3.35. The summed E-state index contributed by atoms with van der Waals surface area (Å²) >= 11 is 0. The van der Waals surface area contributed by atoms with E-state index in [0.717, 1.165) is 15.4 Å². The van der Waals surface area contributed by atoms with Crippen LogP contribution in [0, 0.1) is 93.7 Å². The van der Waals surface area contributed by atoms with E-state index in [4.69, 9.17) is 24.7 Å². The molecule has 0 aromatic carbocycles. The lowest BCUT2D eigenvalue weighted by atomic mass is 9.46. The molecule has 0 radical (unpaired) electrons. The van der Waals surface area contributed by atoms with Crippen LogP contribution in [0.1, 0.15) is 234 Å². The number of Topliss-reactive ketones (excluding diaryl/α,β-unsaturated/α-hetero) is 5. The molecule has 3 unspecified atom stereocenters. The predicted molar refractivity (Wildman–Crippen MR) is 461 cm³/mol. The molecule has 1 saturated heterocycles. The second-order valence-corrected chi connectivity index (χ2v) is 38.9. The molecule has 4 fully saturated rings. The third kappa shape index (κ3) is 25.5. The number of aliphatic hydroxyl groups excluding tert-OH is 1. The number of likely N-dealkylation sites (N-methyl/N-ethyl adjacent to an activating group) is 7. The standard InChI is InChI=1S/C93H148N8O22/c1-27-29-30-57(15)82(123-90(118)122-50-121-78(110)46-66(94)89(117)120-49-76(108)93(119)36-34-65-63-32-31-61-44-62(102)33-35-91(61,18)79(63)75(107)47-92(65,93)19)81-74(106)43-60(28-2)84(112)95(20)48-77(109)96(21)67(37-51(3)4)73(105)45-64(55(11)12)85(113)97(22)68(38-52(5)6)72(104)41-58(16)71(103)42-59(17)83(111)98(23)69(39-53(7)8)86(114)99(24)70(40-54(9)10)87(115)100(25)80(56(13)14)88(116)101(81)26/h27,29,33,35,44,51-60,63-70,75,79-82,107,119H,28,30-32,34,36-43,45-50,94H2,1-26H3/b29-27+/t57-,58+,59-,60+,63?,64-,65?,66-,67+,68-,69-,70-,75+,79?,80-,81+,82-,91+,92+,93+/m1/s1. The molecular weight excluding hydrogens is 1580 g/mol. The van der Waals surface area contributed by atoms with Crippen molar-refractivity contribution >= 4 is 94.1 Å². The third-order valence-electron chi connectivity index (χ3n) is 27.1. The molecule has 4 N–H and O–H groups in total.